The number of nitrogens with one attached hydrogen (secondary N) is 2. The molecule has 1 aromatic heterocycles. The summed E-state index contributed by atoms with van der Waals surface area (Å²) in [6.07, 6.45) is 0. The van der Waals surface area contributed by atoms with E-state index in [4.69, 9.17) is 23.2 Å². The highest BCUT2D eigenvalue weighted by atomic mass is 35.5. The first-order chi connectivity index (χ1) is 12.4. The normalized spacial score (nSPS) is 10.5. The van der Waals surface area contributed by atoms with E-state index in [0.717, 1.165) is 0 Å². The summed E-state index contributed by atoms with van der Waals surface area (Å²) >= 11 is 11.9. The maximum Gasteiger partial charge on any atom is 0.274 e. The van der Waals surface area contributed by atoms with Gasteiger partial charge in [-0.2, -0.15) is 0 Å². The van der Waals surface area contributed by atoms with Gasteiger partial charge in [-0.05, 0) is 49.4 Å². The van der Waals surface area contributed by atoms with Gasteiger partial charge >= 0.3 is 0 Å². The summed E-state index contributed by atoms with van der Waals surface area (Å²) in [7, 11) is 0. The average molecular weight is 391 g/mol. The summed E-state index contributed by atoms with van der Waals surface area (Å²) in [6, 6.07) is 12.1. The molecule has 0 bridgehead atoms. The van der Waals surface area contributed by atoms with Crippen LogP contribution in [0.5, 0.6) is 0 Å². The van der Waals surface area contributed by atoms with Crippen molar-refractivity contribution < 1.29 is 9.18 Å². The van der Waals surface area contributed by atoms with Gasteiger partial charge in [0.25, 0.3) is 5.91 Å². The van der Waals surface area contributed by atoms with Gasteiger partial charge < -0.3 is 10.6 Å². The molecule has 132 valence electrons. The van der Waals surface area contributed by atoms with Crippen LogP contribution >= 0.6 is 23.2 Å². The van der Waals surface area contributed by atoms with Crippen LogP contribution in [-0.2, 0) is 0 Å². The van der Waals surface area contributed by atoms with Crippen LogP contribution in [0.3, 0.4) is 0 Å². The van der Waals surface area contributed by atoms with Crippen LogP contribution in [0.4, 0.5) is 21.7 Å². The van der Waals surface area contributed by atoms with Crippen LogP contribution in [0.25, 0.3) is 0 Å². The minimum absolute atomic E-state index is 0.136. The summed E-state index contributed by atoms with van der Waals surface area (Å²) in [5.74, 6) is -0.706. The van der Waals surface area contributed by atoms with Gasteiger partial charge in [0.2, 0.25) is 5.95 Å². The minimum Gasteiger partial charge on any atom is -0.324 e. The van der Waals surface area contributed by atoms with Crippen molar-refractivity contribution in [2.75, 3.05) is 10.6 Å². The lowest BCUT2D eigenvalue weighted by molar-refractivity contribution is 0.102. The fourth-order valence-corrected chi connectivity index (χ4v) is 2.78. The standard InChI is InChI=1S/C18H13Cl2FN4O/c1-10-5-16(17(26)23-14-4-2-3-13(21)9-14)25-18(22-10)24-15-7-11(19)6-12(20)8-15/h2-9H,1H3,(H,23,26)(H,22,24,25). The summed E-state index contributed by atoms with van der Waals surface area (Å²) in [6.45, 7) is 1.73. The number of rotatable bonds is 4. The molecule has 26 heavy (non-hydrogen) atoms. The Bertz CT molecular complexity index is 961. The van der Waals surface area contributed by atoms with Gasteiger partial charge in [0.15, 0.2) is 0 Å². The summed E-state index contributed by atoms with van der Waals surface area (Å²) < 4.78 is 13.2. The Hall–Kier alpha value is -2.70. The Morgan fingerprint density at radius 1 is 1.00 bits per heavy atom. The molecule has 3 rings (SSSR count). The molecule has 2 aromatic carbocycles. The molecule has 1 heterocycles. The summed E-state index contributed by atoms with van der Waals surface area (Å²) in [4.78, 5) is 20.8. The molecule has 0 spiro atoms. The van der Waals surface area contributed by atoms with E-state index in [1.807, 2.05) is 0 Å². The number of carbonyl (C=O) groups is 1. The van der Waals surface area contributed by atoms with Crippen molar-refractivity contribution in [2.45, 2.75) is 6.92 Å². The zero-order chi connectivity index (χ0) is 18.7. The maximum absolute atomic E-state index is 13.2. The number of anilines is 3. The third-order valence-corrected chi connectivity index (χ3v) is 3.72. The van der Waals surface area contributed by atoms with Crippen LogP contribution in [0, 0.1) is 12.7 Å². The third kappa shape index (κ3) is 4.68. The second-order valence-corrected chi connectivity index (χ2v) is 6.34. The predicted octanol–water partition coefficient (Wildman–Crippen LogP) is 5.23. The zero-order valence-electron chi connectivity index (χ0n) is 13.6. The van der Waals surface area contributed by atoms with Crippen LogP contribution in [-0.4, -0.2) is 15.9 Å². The van der Waals surface area contributed by atoms with Gasteiger partial charge in [0, 0.05) is 27.1 Å². The van der Waals surface area contributed by atoms with Crippen molar-refractivity contribution >= 4 is 46.4 Å². The molecule has 8 heteroatoms. The molecule has 3 aromatic rings. The Morgan fingerprint density at radius 3 is 2.42 bits per heavy atom. The molecule has 2 N–H and O–H groups in total. The number of hydrogen-bond donors (Lipinski definition) is 2. The SMILES string of the molecule is Cc1cc(C(=O)Nc2cccc(F)c2)nc(Nc2cc(Cl)cc(Cl)c2)n1. The van der Waals surface area contributed by atoms with Crippen molar-refractivity contribution in [3.63, 3.8) is 0 Å². The lowest BCUT2D eigenvalue weighted by atomic mass is 10.2. The van der Waals surface area contributed by atoms with E-state index in [2.05, 4.69) is 20.6 Å². The Kier molecular flexibility index (Phi) is 5.35. The van der Waals surface area contributed by atoms with Crippen LogP contribution in [0.1, 0.15) is 16.2 Å². The lowest BCUT2D eigenvalue weighted by Crippen LogP contribution is -2.15. The van der Waals surface area contributed by atoms with Crippen molar-refractivity contribution in [2.24, 2.45) is 0 Å². The van der Waals surface area contributed by atoms with Gasteiger partial charge in [-0.3, -0.25) is 4.79 Å². The molecular weight excluding hydrogens is 378 g/mol. The van der Waals surface area contributed by atoms with E-state index in [-0.39, 0.29) is 11.6 Å². The molecule has 0 radical (unpaired) electrons. The van der Waals surface area contributed by atoms with Gasteiger partial charge in [0.1, 0.15) is 11.5 Å². The third-order valence-electron chi connectivity index (χ3n) is 3.29. The van der Waals surface area contributed by atoms with Gasteiger partial charge in [-0.1, -0.05) is 29.3 Å². The first-order valence-electron chi connectivity index (χ1n) is 7.55. The number of carbonyl (C=O) groups excluding carboxylic acids is 1. The maximum atomic E-state index is 13.2. The van der Waals surface area contributed by atoms with Gasteiger partial charge in [-0.15, -0.1) is 0 Å². The van der Waals surface area contributed by atoms with E-state index >= 15 is 0 Å². The largest absolute Gasteiger partial charge is 0.324 e. The number of aryl methyl sites for hydroxylation is 1. The van der Waals surface area contributed by atoms with Crippen molar-refractivity contribution in [1.82, 2.24) is 9.97 Å². The number of nitrogens with zero attached hydrogens (tertiary/aromatic N) is 2. The number of hydrogen-bond acceptors (Lipinski definition) is 4. The van der Waals surface area contributed by atoms with Crippen molar-refractivity contribution in [1.29, 1.82) is 0 Å². The monoisotopic (exact) mass is 390 g/mol. The van der Waals surface area contributed by atoms with E-state index in [1.54, 1.807) is 31.2 Å². The molecule has 0 unspecified atom stereocenters. The molecule has 0 saturated heterocycles. The first kappa shape index (κ1) is 18.1. The van der Waals surface area contributed by atoms with E-state index in [0.29, 0.717) is 27.1 Å². The van der Waals surface area contributed by atoms with E-state index in [9.17, 15) is 9.18 Å². The smallest absolute Gasteiger partial charge is 0.274 e. The first-order valence-corrected chi connectivity index (χ1v) is 8.30. The minimum atomic E-state index is -0.478. The number of halogens is 3. The topological polar surface area (TPSA) is 66.9 Å². The average Bonchev–Trinajstić information content (AvgIpc) is 2.53. The zero-order valence-corrected chi connectivity index (χ0v) is 15.1. The molecule has 5 nitrogen and oxygen atoms in total. The number of benzene rings is 2. The molecule has 1 amide bonds. The number of aromatic nitrogens is 2. The van der Waals surface area contributed by atoms with Crippen LogP contribution < -0.4 is 10.6 Å². The second-order valence-electron chi connectivity index (χ2n) is 5.47. The molecule has 0 aliphatic heterocycles. The lowest BCUT2D eigenvalue weighted by Gasteiger charge is -2.09. The Labute approximate surface area is 159 Å². The summed E-state index contributed by atoms with van der Waals surface area (Å²) in [5, 5.41) is 6.47. The predicted molar refractivity (Wildman–Crippen MR) is 101 cm³/mol. The fourth-order valence-electron chi connectivity index (χ4n) is 2.26. The van der Waals surface area contributed by atoms with Crippen molar-refractivity contribution in [3.8, 4) is 0 Å². The molecular formula is C18H13Cl2FN4O. The molecule has 0 aliphatic carbocycles. The molecule has 0 fully saturated rings. The Morgan fingerprint density at radius 2 is 1.73 bits per heavy atom. The highest BCUT2D eigenvalue weighted by Gasteiger charge is 2.12. The van der Waals surface area contributed by atoms with Crippen molar-refractivity contribution in [3.05, 3.63) is 75.8 Å². The van der Waals surface area contributed by atoms with Crippen LogP contribution in [0.15, 0.2) is 48.5 Å². The van der Waals surface area contributed by atoms with E-state index in [1.165, 1.54) is 24.3 Å². The number of amides is 1. The Balaban J connectivity index is 1.83. The molecule has 0 saturated carbocycles. The molecule has 0 aliphatic rings. The van der Waals surface area contributed by atoms with Gasteiger partial charge in [-0.25, -0.2) is 14.4 Å². The highest BCUT2D eigenvalue weighted by Crippen LogP contribution is 2.24. The summed E-state index contributed by atoms with van der Waals surface area (Å²) in [5.41, 5.74) is 1.64. The van der Waals surface area contributed by atoms with Crippen LogP contribution in [0.2, 0.25) is 10.0 Å². The van der Waals surface area contributed by atoms with E-state index < -0.39 is 11.7 Å². The molecule has 0 atom stereocenters. The van der Waals surface area contributed by atoms with Gasteiger partial charge in [0.05, 0.1) is 0 Å². The highest BCUT2D eigenvalue weighted by molar-refractivity contribution is 6.35. The second kappa shape index (κ2) is 7.68. The fraction of sp³-hybridized carbons (Fsp3) is 0.0556. The quantitative estimate of drug-likeness (QED) is 0.640.